The number of pyridine rings is 1. The molecule has 1 N–H and O–H groups in total. The fourth-order valence-electron chi connectivity index (χ4n) is 2.66. The summed E-state index contributed by atoms with van der Waals surface area (Å²) < 4.78 is 5.45. The molecule has 20 heavy (non-hydrogen) atoms. The van der Waals surface area contributed by atoms with Crippen LogP contribution >= 0.6 is 0 Å². The van der Waals surface area contributed by atoms with Crippen molar-refractivity contribution < 1.29 is 4.74 Å². The van der Waals surface area contributed by atoms with Gasteiger partial charge in [0.25, 0.3) is 0 Å². The van der Waals surface area contributed by atoms with Crippen molar-refractivity contribution in [2.75, 3.05) is 19.8 Å². The van der Waals surface area contributed by atoms with Crippen LogP contribution in [0.2, 0.25) is 0 Å². The van der Waals surface area contributed by atoms with Gasteiger partial charge >= 0.3 is 0 Å². The fourth-order valence-corrected chi connectivity index (χ4v) is 2.66. The van der Waals surface area contributed by atoms with Crippen molar-refractivity contribution in [2.24, 2.45) is 5.92 Å². The van der Waals surface area contributed by atoms with Crippen LogP contribution in [-0.4, -0.2) is 24.7 Å². The molecule has 1 saturated heterocycles. The Labute approximate surface area is 120 Å². The van der Waals surface area contributed by atoms with Crippen molar-refractivity contribution in [1.82, 2.24) is 10.3 Å². The molecule has 104 valence electrons. The maximum absolute atomic E-state index is 5.45. The summed E-state index contributed by atoms with van der Waals surface area (Å²) in [6.45, 7) is 2.77. The van der Waals surface area contributed by atoms with Gasteiger partial charge in [-0.3, -0.25) is 4.98 Å². The van der Waals surface area contributed by atoms with Gasteiger partial charge in [-0.05, 0) is 35.6 Å². The third kappa shape index (κ3) is 3.24. The Hall–Kier alpha value is -1.71. The monoisotopic (exact) mass is 268 g/mol. The van der Waals surface area contributed by atoms with Gasteiger partial charge < -0.3 is 10.1 Å². The number of nitrogens with zero attached hydrogens (tertiary/aromatic N) is 1. The molecule has 2 unspecified atom stereocenters. The van der Waals surface area contributed by atoms with Crippen LogP contribution in [0, 0.1) is 5.92 Å². The smallest absolute Gasteiger partial charge is 0.0577 e. The molecule has 0 spiro atoms. The van der Waals surface area contributed by atoms with E-state index >= 15 is 0 Å². The van der Waals surface area contributed by atoms with E-state index in [4.69, 9.17) is 4.74 Å². The normalized spacial score (nSPS) is 19.9. The number of nitrogens with one attached hydrogen (secondary N) is 1. The minimum Gasteiger partial charge on any atom is -0.381 e. The Bertz CT molecular complexity index is 470. The van der Waals surface area contributed by atoms with Gasteiger partial charge in [0.1, 0.15) is 0 Å². The van der Waals surface area contributed by atoms with E-state index in [9.17, 15) is 0 Å². The van der Waals surface area contributed by atoms with E-state index in [1.165, 1.54) is 11.1 Å². The minimum atomic E-state index is 0.222. The van der Waals surface area contributed by atoms with E-state index in [1.807, 2.05) is 12.4 Å². The molecule has 3 rings (SSSR count). The molecule has 3 nitrogen and oxygen atoms in total. The summed E-state index contributed by atoms with van der Waals surface area (Å²) in [7, 11) is 0. The van der Waals surface area contributed by atoms with E-state index in [0.717, 1.165) is 26.2 Å². The number of ether oxygens (including phenoxy) is 1. The Balaban J connectivity index is 1.76. The number of aromatic nitrogens is 1. The van der Waals surface area contributed by atoms with Crippen LogP contribution in [0.5, 0.6) is 0 Å². The van der Waals surface area contributed by atoms with Gasteiger partial charge in [0.15, 0.2) is 0 Å². The molecule has 2 atom stereocenters. The van der Waals surface area contributed by atoms with Crippen LogP contribution in [0.15, 0.2) is 54.9 Å². The lowest BCUT2D eigenvalue weighted by Crippen LogP contribution is -2.28. The lowest BCUT2D eigenvalue weighted by molar-refractivity contribution is 0.185. The minimum absolute atomic E-state index is 0.222. The SMILES string of the molecule is c1ccc(C(NCC2CCOC2)c2ccncc2)cc1. The predicted molar refractivity (Wildman–Crippen MR) is 79.5 cm³/mol. The molecule has 1 fully saturated rings. The summed E-state index contributed by atoms with van der Waals surface area (Å²) in [4.78, 5) is 4.11. The van der Waals surface area contributed by atoms with E-state index in [-0.39, 0.29) is 6.04 Å². The molecule has 0 saturated carbocycles. The van der Waals surface area contributed by atoms with Crippen LogP contribution in [0.4, 0.5) is 0 Å². The highest BCUT2D eigenvalue weighted by Gasteiger charge is 2.19. The second-order valence-electron chi connectivity index (χ2n) is 5.26. The Morgan fingerprint density at radius 2 is 1.85 bits per heavy atom. The van der Waals surface area contributed by atoms with E-state index in [2.05, 4.69) is 52.8 Å². The first-order chi connectivity index (χ1) is 9.93. The van der Waals surface area contributed by atoms with Gasteiger partial charge in [-0.1, -0.05) is 30.3 Å². The summed E-state index contributed by atoms with van der Waals surface area (Å²) in [5.41, 5.74) is 2.54. The van der Waals surface area contributed by atoms with Crippen molar-refractivity contribution in [1.29, 1.82) is 0 Å². The molecule has 1 aromatic heterocycles. The van der Waals surface area contributed by atoms with Gasteiger partial charge in [-0.15, -0.1) is 0 Å². The van der Waals surface area contributed by atoms with Crippen molar-refractivity contribution >= 4 is 0 Å². The van der Waals surface area contributed by atoms with E-state index < -0.39 is 0 Å². The largest absolute Gasteiger partial charge is 0.381 e. The lowest BCUT2D eigenvalue weighted by Gasteiger charge is -2.21. The van der Waals surface area contributed by atoms with Gasteiger partial charge in [0.05, 0.1) is 12.6 Å². The third-order valence-electron chi connectivity index (χ3n) is 3.81. The first-order valence-corrected chi connectivity index (χ1v) is 7.19. The number of benzene rings is 1. The summed E-state index contributed by atoms with van der Waals surface area (Å²) >= 11 is 0. The van der Waals surface area contributed by atoms with Crippen molar-refractivity contribution in [2.45, 2.75) is 12.5 Å². The quantitative estimate of drug-likeness (QED) is 0.905. The van der Waals surface area contributed by atoms with Crippen LogP contribution in [0.3, 0.4) is 0 Å². The zero-order chi connectivity index (χ0) is 13.6. The summed E-state index contributed by atoms with van der Waals surface area (Å²) in [5.74, 6) is 0.628. The Morgan fingerprint density at radius 1 is 1.10 bits per heavy atom. The maximum atomic E-state index is 5.45. The average molecular weight is 268 g/mol. The molecule has 0 bridgehead atoms. The van der Waals surface area contributed by atoms with Crippen molar-refractivity contribution in [3.8, 4) is 0 Å². The van der Waals surface area contributed by atoms with Crippen LogP contribution in [-0.2, 0) is 4.74 Å². The molecule has 1 aliphatic heterocycles. The summed E-state index contributed by atoms with van der Waals surface area (Å²) in [5, 5.41) is 3.69. The molecule has 0 radical (unpaired) electrons. The molecule has 1 aliphatic rings. The number of hydrogen-bond acceptors (Lipinski definition) is 3. The Kier molecular flexibility index (Phi) is 4.41. The van der Waals surface area contributed by atoms with Gasteiger partial charge in [0, 0.05) is 25.5 Å². The molecular formula is C17H20N2O. The zero-order valence-electron chi connectivity index (χ0n) is 11.5. The van der Waals surface area contributed by atoms with Crippen LogP contribution < -0.4 is 5.32 Å². The molecule has 0 amide bonds. The summed E-state index contributed by atoms with van der Waals surface area (Å²) in [6, 6.07) is 14.9. The first kappa shape index (κ1) is 13.3. The van der Waals surface area contributed by atoms with E-state index in [1.54, 1.807) is 0 Å². The highest BCUT2D eigenvalue weighted by Crippen LogP contribution is 2.22. The van der Waals surface area contributed by atoms with Crippen LogP contribution in [0.1, 0.15) is 23.6 Å². The molecular weight excluding hydrogens is 248 g/mol. The topological polar surface area (TPSA) is 34.1 Å². The molecule has 3 heteroatoms. The molecule has 2 aromatic rings. The number of hydrogen-bond donors (Lipinski definition) is 1. The molecule has 0 aliphatic carbocycles. The molecule has 2 heterocycles. The van der Waals surface area contributed by atoms with E-state index in [0.29, 0.717) is 5.92 Å². The average Bonchev–Trinajstić information content (AvgIpc) is 3.03. The third-order valence-corrected chi connectivity index (χ3v) is 3.81. The number of rotatable bonds is 5. The standard InChI is InChI=1S/C17H20N2O/c1-2-4-15(5-3-1)17(16-6-9-18-10-7-16)19-12-14-8-11-20-13-14/h1-7,9-10,14,17,19H,8,11-13H2. The first-order valence-electron chi connectivity index (χ1n) is 7.19. The van der Waals surface area contributed by atoms with Crippen molar-refractivity contribution in [3.05, 3.63) is 66.0 Å². The lowest BCUT2D eigenvalue weighted by atomic mass is 9.98. The Morgan fingerprint density at radius 3 is 2.55 bits per heavy atom. The van der Waals surface area contributed by atoms with Gasteiger partial charge in [-0.25, -0.2) is 0 Å². The second kappa shape index (κ2) is 6.64. The highest BCUT2D eigenvalue weighted by atomic mass is 16.5. The fraction of sp³-hybridized carbons (Fsp3) is 0.353. The summed E-state index contributed by atoms with van der Waals surface area (Å²) in [6.07, 6.45) is 4.86. The highest BCUT2D eigenvalue weighted by molar-refractivity contribution is 5.30. The van der Waals surface area contributed by atoms with Gasteiger partial charge in [-0.2, -0.15) is 0 Å². The second-order valence-corrected chi connectivity index (χ2v) is 5.26. The van der Waals surface area contributed by atoms with Crippen LogP contribution in [0.25, 0.3) is 0 Å². The molecule has 1 aromatic carbocycles. The predicted octanol–water partition coefficient (Wildman–Crippen LogP) is 2.80. The maximum Gasteiger partial charge on any atom is 0.0577 e. The van der Waals surface area contributed by atoms with Gasteiger partial charge in [0.2, 0.25) is 0 Å². The van der Waals surface area contributed by atoms with Crippen molar-refractivity contribution in [3.63, 3.8) is 0 Å². The zero-order valence-corrected chi connectivity index (χ0v) is 11.5.